The number of hydrogen-bond donors (Lipinski definition) is 0. The van der Waals surface area contributed by atoms with Crippen molar-refractivity contribution in [3.05, 3.63) is 47.5 Å². The van der Waals surface area contributed by atoms with Crippen LogP contribution in [-0.4, -0.2) is 0 Å². The monoisotopic (exact) mass is 198 g/mol. The molecule has 0 saturated carbocycles. The molecule has 0 bridgehead atoms. The molecule has 0 heteroatoms. The van der Waals surface area contributed by atoms with Gasteiger partial charge in [0.25, 0.3) is 0 Å². The third-order valence-corrected chi connectivity index (χ3v) is 3.08. The number of unbranched alkanes of at least 4 members (excludes halogenated alkanes) is 1. The van der Waals surface area contributed by atoms with Crippen LogP contribution >= 0.6 is 0 Å². The summed E-state index contributed by atoms with van der Waals surface area (Å²) >= 11 is 0. The molecule has 0 atom stereocenters. The fourth-order valence-electron chi connectivity index (χ4n) is 2.15. The average Bonchev–Trinajstić information content (AvgIpc) is 2.68. The zero-order valence-corrected chi connectivity index (χ0v) is 9.42. The molecule has 1 aromatic carbocycles. The van der Waals surface area contributed by atoms with Gasteiger partial charge < -0.3 is 0 Å². The Morgan fingerprint density at radius 2 is 2.27 bits per heavy atom. The third kappa shape index (κ3) is 2.04. The molecule has 0 heterocycles. The molecule has 0 spiro atoms. The molecule has 1 aromatic rings. The molecule has 0 nitrogen and oxygen atoms in total. The van der Waals surface area contributed by atoms with Crippen molar-refractivity contribution in [1.82, 2.24) is 0 Å². The van der Waals surface area contributed by atoms with Crippen molar-refractivity contribution in [2.75, 3.05) is 0 Å². The zero-order chi connectivity index (χ0) is 10.7. The van der Waals surface area contributed by atoms with Gasteiger partial charge in [-0.15, -0.1) is 0 Å². The third-order valence-electron chi connectivity index (χ3n) is 3.08. The van der Waals surface area contributed by atoms with E-state index in [9.17, 15) is 0 Å². The molecule has 0 saturated heterocycles. The average molecular weight is 198 g/mol. The predicted octanol–water partition coefficient (Wildman–Crippen LogP) is 4.46. The predicted molar refractivity (Wildman–Crippen MR) is 67.7 cm³/mol. The summed E-state index contributed by atoms with van der Waals surface area (Å²) in [7, 11) is 0. The van der Waals surface area contributed by atoms with Gasteiger partial charge in [-0.1, -0.05) is 44.2 Å². The van der Waals surface area contributed by atoms with Gasteiger partial charge >= 0.3 is 0 Å². The van der Waals surface area contributed by atoms with Crippen LogP contribution in [0.4, 0.5) is 0 Å². The normalized spacial score (nSPS) is 13.5. The van der Waals surface area contributed by atoms with Crippen LogP contribution in [0.2, 0.25) is 0 Å². The van der Waals surface area contributed by atoms with Gasteiger partial charge in [-0.05, 0) is 47.6 Å². The summed E-state index contributed by atoms with van der Waals surface area (Å²) in [4.78, 5) is 0. The summed E-state index contributed by atoms with van der Waals surface area (Å²) in [6, 6.07) is 6.67. The number of fused-ring (bicyclic) bond motifs is 1. The van der Waals surface area contributed by atoms with Crippen molar-refractivity contribution >= 4 is 11.6 Å². The smallest absolute Gasteiger partial charge is 0.00854 e. The summed E-state index contributed by atoms with van der Waals surface area (Å²) in [6.07, 6.45) is 9.22. The quantitative estimate of drug-likeness (QED) is 0.670. The first-order valence-corrected chi connectivity index (χ1v) is 5.80. The molecule has 0 aliphatic heterocycles. The van der Waals surface area contributed by atoms with E-state index in [-0.39, 0.29) is 0 Å². The molecule has 0 unspecified atom stereocenters. The van der Waals surface area contributed by atoms with Crippen molar-refractivity contribution < 1.29 is 0 Å². The molecule has 15 heavy (non-hydrogen) atoms. The summed E-state index contributed by atoms with van der Waals surface area (Å²) in [5.41, 5.74) is 5.71. The Morgan fingerprint density at radius 3 is 3.00 bits per heavy atom. The first-order valence-electron chi connectivity index (χ1n) is 5.80. The van der Waals surface area contributed by atoms with Gasteiger partial charge in [0, 0.05) is 0 Å². The van der Waals surface area contributed by atoms with Crippen molar-refractivity contribution in [1.29, 1.82) is 0 Å². The molecule has 0 fully saturated rings. The van der Waals surface area contributed by atoms with Gasteiger partial charge in [-0.2, -0.15) is 0 Å². The second kappa shape index (κ2) is 4.48. The Bertz CT molecular complexity index is 396. The SMILES string of the molecule is C=Cc1ccc2c(c1)C(CCCC)=CC2. The van der Waals surface area contributed by atoms with Crippen molar-refractivity contribution in [2.45, 2.75) is 32.6 Å². The van der Waals surface area contributed by atoms with Crippen LogP contribution in [0.3, 0.4) is 0 Å². The van der Waals surface area contributed by atoms with Gasteiger partial charge in [0.05, 0.1) is 0 Å². The van der Waals surface area contributed by atoms with E-state index in [1.165, 1.54) is 41.5 Å². The summed E-state index contributed by atoms with van der Waals surface area (Å²) < 4.78 is 0. The lowest BCUT2D eigenvalue weighted by Crippen LogP contribution is -1.86. The summed E-state index contributed by atoms with van der Waals surface area (Å²) in [6.45, 7) is 6.07. The molecule has 1 aliphatic carbocycles. The highest BCUT2D eigenvalue weighted by atomic mass is 14.2. The van der Waals surface area contributed by atoms with E-state index >= 15 is 0 Å². The lowest BCUT2D eigenvalue weighted by molar-refractivity contribution is 0.825. The molecule has 0 N–H and O–H groups in total. The lowest BCUT2D eigenvalue weighted by Gasteiger charge is -2.06. The van der Waals surface area contributed by atoms with E-state index in [4.69, 9.17) is 0 Å². The maximum Gasteiger partial charge on any atom is -0.00854 e. The second-order valence-electron chi connectivity index (χ2n) is 4.16. The Morgan fingerprint density at radius 1 is 1.40 bits per heavy atom. The van der Waals surface area contributed by atoms with Crippen LogP contribution in [0, 0.1) is 0 Å². The van der Waals surface area contributed by atoms with E-state index in [2.05, 4.69) is 37.8 Å². The molecule has 0 aromatic heterocycles. The fourth-order valence-corrected chi connectivity index (χ4v) is 2.15. The van der Waals surface area contributed by atoms with Crippen LogP contribution < -0.4 is 0 Å². The van der Waals surface area contributed by atoms with Crippen molar-refractivity contribution in [3.63, 3.8) is 0 Å². The minimum atomic E-state index is 1.12. The van der Waals surface area contributed by atoms with Crippen LogP contribution in [0.15, 0.2) is 30.9 Å². The Balaban J connectivity index is 2.25. The van der Waals surface area contributed by atoms with E-state index < -0.39 is 0 Å². The Kier molecular flexibility index (Phi) is 3.05. The van der Waals surface area contributed by atoms with Crippen LogP contribution in [0.5, 0.6) is 0 Å². The van der Waals surface area contributed by atoms with Gasteiger partial charge in [-0.25, -0.2) is 0 Å². The molecule has 1 aliphatic rings. The largest absolute Gasteiger partial charge is 0.0985 e. The molecule has 78 valence electrons. The van der Waals surface area contributed by atoms with E-state index in [0.29, 0.717) is 0 Å². The highest BCUT2D eigenvalue weighted by Crippen LogP contribution is 2.31. The van der Waals surface area contributed by atoms with Crippen LogP contribution in [-0.2, 0) is 6.42 Å². The van der Waals surface area contributed by atoms with E-state index in [0.717, 1.165) is 6.42 Å². The Labute approximate surface area is 92.3 Å². The van der Waals surface area contributed by atoms with Crippen molar-refractivity contribution in [2.24, 2.45) is 0 Å². The maximum atomic E-state index is 3.82. The number of allylic oxidation sites excluding steroid dienone is 2. The molecule has 2 rings (SSSR count). The summed E-state index contributed by atoms with van der Waals surface area (Å²) in [5, 5.41) is 0. The summed E-state index contributed by atoms with van der Waals surface area (Å²) in [5.74, 6) is 0. The first kappa shape index (κ1) is 10.2. The topological polar surface area (TPSA) is 0 Å². The van der Waals surface area contributed by atoms with E-state index in [1.807, 2.05) is 6.08 Å². The first-order chi connectivity index (χ1) is 7.35. The minimum Gasteiger partial charge on any atom is -0.0985 e. The van der Waals surface area contributed by atoms with Gasteiger partial charge in [0.1, 0.15) is 0 Å². The maximum absolute atomic E-state index is 3.82. The van der Waals surface area contributed by atoms with Crippen molar-refractivity contribution in [3.8, 4) is 0 Å². The standard InChI is InChI=1S/C15H18/c1-3-5-6-13-9-10-14-8-7-12(4-2)11-15(13)14/h4,7-9,11H,2-3,5-6,10H2,1H3. The van der Waals surface area contributed by atoms with Gasteiger partial charge in [-0.3, -0.25) is 0 Å². The highest BCUT2D eigenvalue weighted by Gasteiger charge is 2.13. The lowest BCUT2D eigenvalue weighted by atomic mass is 9.99. The molecule has 0 amide bonds. The van der Waals surface area contributed by atoms with Gasteiger partial charge in [0.15, 0.2) is 0 Å². The fraction of sp³-hybridized carbons (Fsp3) is 0.333. The zero-order valence-electron chi connectivity index (χ0n) is 9.42. The number of rotatable bonds is 4. The number of benzene rings is 1. The van der Waals surface area contributed by atoms with Gasteiger partial charge in [0.2, 0.25) is 0 Å². The molecular formula is C15H18. The number of hydrogen-bond acceptors (Lipinski definition) is 0. The minimum absolute atomic E-state index is 1.12. The molecule has 0 radical (unpaired) electrons. The Hall–Kier alpha value is -1.30. The van der Waals surface area contributed by atoms with E-state index in [1.54, 1.807) is 0 Å². The van der Waals surface area contributed by atoms with Crippen LogP contribution in [0.25, 0.3) is 11.6 Å². The van der Waals surface area contributed by atoms with Crippen LogP contribution in [0.1, 0.15) is 42.9 Å². The molecular weight excluding hydrogens is 180 g/mol. The second-order valence-corrected chi connectivity index (χ2v) is 4.16. The highest BCUT2D eigenvalue weighted by molar-refractivity contribution is 5.74.